The van der Waals surface area contributed by atoms with Gasteiger partial charge in [-0.05, 0) is 18.2 Å². The largest absolute Gasteiger partial charge is 1.00 e. The first-order valence-corrected chi connectivity index (χ1v) is 5.13. The summed E-state index contributed by atoms with van der Waals surface area (Å²) in [5.74, 6) is 0. The maximum absolute atomic E-state index is 2.24. The lowest BCUT2D eigenvalue weighted by Gasteiger charge is -2.00. The van der Waals surface area contributed by atoms with Crippen LogP contribution in [0.3, 0.4) is 0 Å². The number of pyridine rings is 1. The van der Waals surface area contributed by atoms with Gasteiger partial charge in [0.05, 0.1) is 0 Å². The summed E-state index contributed by atoms with van der Waals surface area (Å²) in [4.78, 5) is 0. The fraction of sp³-hybridized carbons (Fsp3) is 0.0714. The van der Waals surface area contributed by atoms with Crippen molar-refractivity contribution >= 4 is 21.8 Å². The molecule has 0 unspecified atom stereocenters. The Morgan fingerprint density at radius 3 is 1.65 bits per heavy atom. The van der Waals surface area contributed by atoms with E-state index in [4.69, 9.17) is 0 Å². The van der Waals surface area contributed by atoms with Crippen LogP contribution in [0.15, 0.2) is 54.6 Å². The molecule has 88 valence electrons. The Bertz CT molecular complexity index is 598. The van der Waals surface area contributed by atoms with Gasteiger partial charge in [0.1, 0.15) is 7.05 Å². The molecule has 0 saturated carbocycles. The predicted octanol–water partition coefficient (Wildman–Crippen LogP) is -1.00. The molecule has 17 heavy (non-hydrogen) atoms. The number of halogens is 1. The average molecular weight is 248 g/mol. The molecule has 0 saturated heterocycles. The molecule has 2 N–H and O–H groups in total. The van der Waals surface area contributed by atoms with Gasteiger partial charge in [-0.3, -0.25) is 0 Å². The summed E-state index contributed by atoms with van der Waals surface area (Å²) in [5, 5.41) is 2.58. The Morgan fingerprint density at radius 2 is 1.18 bits per heavy atom. The highest BCUT2D eigenvalue weighted by Gasteiger charge is 2.08. The molecule has 3 heteroatoms. The van der Waals surface area contributed by atoms with Gasteiger partial charge in [0, 0.05) is 22.9 Å². The zero-order valence-electron chi connectivity index (χ0n) is 9.52. The number of hydrogen-bond donors (Lipinski definition) is 0. The molecule has 0 spiro atoms. The van der Waals surface area contributed by atoms with Crippen LogP contribution in [-0.2, 0) is 7.05 Å². The van der Waals surface area contributed by atoms with Crippen LogP contribution in [0.25, 0.3) is 21.8 Å². The molecule has 0 aliphatic carbocycles. The van der Waals surface area contributed by atoms with Crippen LogP contribution in [0, 0.1) is 0 Å². The highest BCUT2D eigenvalue weighted by atomic mass is 35.5. The van der Waals surface area contributed by atoms with E-state index in [0.29, 0.717) is 0 Å². The van der Waals surface area contributed by atoms with Crippen molar-refractivity contribution < 1.29 is 22.5 Å². The molecule has 3 aromatic rings. The molecular weight excluding hydrogens is 234 g/mol. The van der Waals surface area contributed by atoms with Crippen LogP contribution in [0.1, 0.15) is 0 Å². The van der Waals surface area contributed by atoms with E-state index in [0.717, 1.165) is 0 Å². The van der Waals surface area contributed by atoms with Crippen molar-refractivity contribution in [3.63, 3.8) is 0 Å². The lowest BCUT2D eigenvalue weighted by atomic mass is 10.1. The summed E-state index contributed by atoms with van der Waals surface area (Å²) in [6.45, 7) is 0. The van der Waals surface area contributed by atoms with Crippen LogP contribution in [0.2, 0.25) is 0 Å². The van der Waals surface area contributed by atoms with E-state index in [1.54, 1.807) is 0 Å². The van der Waals surface area contributed by atoms with Crippen LogP contribution >= 0.6 is 0 Å². The van der Waals surface area contributed by atoms with Crippen molar-refractivity contribution in [1.82, 2.24) is 0 Å². The molecule has 0 aliphatic heterocycles. The number of aromatic nitrogens is 1. The number of rotatable bonds is 0. The van der Waals surface area contributed by atoms with Gasteiger partial charge in [0.25, 0.3) is 0 Å². The van der Waals surface area contributed by atoms with Gasteiger partial charge in [0.2, 0.25) is 11.0 Å². The second kappa shape index (κ2) is 5.13. The van der Waals surface area contributed by atoms with Gasteiger partial charge in [-0.2, -0.15) is 4.57 Å². The monoisotopic (exact) mass is 247 g/mol. The van der Waals surface area contributed by atoms with Crippen molar-refractivity contribution in [2.24, 2.45) is 7.05 Å². The first-order chi connectivity index (χ1) is 7.36. The molecule has 2 nitrogen and oxygen atoms in total. The maximum Gasteiger partial charge on any atom is 0.212 e. The van der Waals surface area contributed by atoms with E-state index in [2.05, 4.69) is 66.2 Å². The number of aryl methyl sites for hydroxylation is 1. The Morgan fingerprint density at radius 1 is 0.765 bits per heavy atom. The third-order valence-corrected chi connectivity index (χ3v) is 2.91. The lowest BCUT2D eigenvalue weighted by Crippen LogP contribution is -3.00. The number of hydrogen-bond acceptors (Lipinski definition) is 0. The highest BCUT2D eigenvalue weighted by molar-refractivity contribution is 5.88. The van der Waals surface area contributed by atoms with Gasteiger partial charge >= 0.3 is 0 Å². The molecule has 1 aromatic heterocycles. The molecule has 0 atom stereocenters. The van der Waals surface area contributed by atoms with Crippen LogP contribution in [-0.4, -0.2) is 5.48 Å². The third kappa shape index (κ3) is 2.09. The Labute approximate surface area is 106 Å². The summed E-state index contributed by atoms with van der Waals surface area (Å²) in [7, 11) is 2.12. The highest BCUT2D eigenvalue weighted by Crippen LogP contribution is 2.16. The Balaban J connectivity index is 0.000000722. The van der Waals surface area contributed by atoms with Crippen molar-refractivity contribution in [1.29, 1.82) is 0 Å². The number of para-hydroxylation sites is 2. The number of benzene rings is 2. The molecular formula is C14H14ClNO. The summed E-state index contributed by atoms with van der Waals surface area (Å²) < 4.78 is 2.24. The van der Waals surface area contributed by atoms with E-state index >= 15 is 0 Å². The van der Waals surface area contributed by atoms with Crippen molar-refractivity contribution in [2.45, 2.75) is 0 Å². The molecule has 0 amide bonds. The maximum atomic E-state index is 2.24. The van der Waals surface area contributed by atoms with Crippen LogP contribution < -0.4 is 17.0 Å². The molecule has 2 aromatic carbocycles. The minimum Gasteiger partial charge on any atom is -1.00 e. The Hall–Kier alpha value is -1.64. The topological polar surface area (TPSA) is 35.4 Å². The quantitative estimate of drug-likeness (QED) is 0.361. The SMILES string of the molecule is C[n+]1c2ccccc2cc2ccccc21.O.[Cl-]. The summed E-state index contributed by atoms with van der Waals surface area (Å²) >= 11 is 0. The fourth-order valence-electron chi connectivity index (χ4n) is 2.13. The molecule has 0 radical (unpaired) electrons. The fourth-order valence-corrected chi connectivity index (χ4v) is 2.13. The summed E-state index contributed by atoms with van der Waals surface area (Å²) in [5.41, 5.74) is 2.55. The zero-order valence-corrected chi connectivity index (χ0v) is 10.3. The Kier molecular flexibility index (Phi) is 4.05. The second-order valence-electron chi connectivity index (χ2n) is 3.82. The summed E-state index contributed by atoms with van der Waals surface area (Å²) in [6, 6.07) is 19.2. The van der Waals surface area contributed by atoms with E-state index in [9.17, 15) is 0 Å². The minimum absolute atomic E-state index is 0. The standard InChI is InChI=1S/C14H12N.ClH.H2O/c1-15-13-8-4-2-6-11(13)10-12-7-3-5-9-14(12)15;;/h2-10H,1H3;1H;1H2/q+1;;/p-1. The molecule has 1 heterocycles. The minimum atomic E-state index is 0. The molecule has 0 bridgehead atoms. The van der Waals surface area contributed by atoms with Gasteiger partial charge in [0.15, 0.2) is 0 Å². The van der Waals surface area contributed by atoms with Crippen LogP contribution in [0.4, 0.5) is 0 Å². The van der Waals surface area contributed by atoms with E-state index in [-0.39, 0.29) is 17.9 Å². The first kappa shape index (κ1) is 13.4. The summed E-state index contributed by atoms with van der Waals surface area (Å²) in [6.07, 6.45) is 0. The van der Waals surface area contributed by atoms with E-state index in [1.807, 2.05) is 0 Å². The normalized spacial score (nSPS) is 9.71. The molecule has 0 fully saturated rings. The number of fused-ring (bicyclic) bond motifs is 2. The molecule has 3 rings (SSSR count). The molecule has 0 aliphatic rings. The van der Waals surface area contributed by atoms with Gasteiger partial charge in [-0.15, -0.1) is 0 Å². The van der Waals surface area contributed by atoms with Crippen LogP contribution in [0.5, 0.6) is 0 Å². The van der Waals surface area contributed by atoms with E-state index in [1.165, 1.54) is 21.8 Å². The third-order valence-electron chi connectivity index (χ3n) is 2.91. The van der Waals surface area contributed by atoms with Gasteiger partial charge in [-0.1, -0.05) is 24.3 Å². The van der Waals surface area contributed by atoms with Crippen molar-refractivity contribution in [2.75, 3.05) is 0 Å². The smallest absolute Gasteiger partial charge is 0.212 e. The second-order valence-corrected chi connectivity index (χ2v) is 3.82. The predicted molar refractivity (Wildman–Crippen MR) is 66.2 cm³/mol. The average Bonchev–Trinajstić information content (AvgIpc) is 2.30. The van der Waals surface area contributed by atoms with Crippen molar-refractivity contribution in [3.8, 4) is 0 Å². The first-order valence-electron chi connectivity index (χ1n) is 5.13. The van der Waals surface area contributed by atoms with Crippen molar-refractivity contribution in [3.05, 3.63) is 54.6 Å². The lowest BCUT2D eigenvalue weighted by molar-refractivity contribution is -0.617. The van der Waals surface area contributed by atoms with Gasteiger partial charge < -0.3 is 17.9 Å². The number of nitrogens with zero attached hydrogens (tertiary/aromatic N) is 1. The van der Waals surface area contributed by atoms with E-state index < -0.39 is 0 Å². The zero-order chi connectivity index (χ0) is 10.3. The van der Waals surface area contributed by atoms with Gasteiger partial charge in [-0.25, -0.2) is 0 Å².